The Bertz CT molecular complexity index is 857. The molecule has 0 aromatic heterocycles. The van der Waals surface area contributed by atoms with Crippen LogP contribution in [-0.4, -0.2) is 42.0 Å². The highest BCUT2D eigenvalue weighted by atomic mass is 16.5. The summed E-state index contributed by atoms with van der Waals surface area (Å²) in [7, 11) is 0. The van der Waals surface area contributed by atoms with Crippen LogP contribution in [0.5, 0.6) is 0 Å². The van der Waals surface area contributed by atoms with Crippen LogP contribution >= 0.6 is 0 Å². The summed E-state index contributed by atoms with van der Waals surface area (Å²) in [5, 5.41) is 11.7. The number of alkyl carbamates (subject to hydrolysis) is 1. The fourth-order valence-corrected chi connectivity index (χ4v) is 3.65. The number of carbonyl (C=O) groups excluding carboxylic acids is 1. The van der Waals surface area contributed by atoms with Crippen LogP contribution in [0.3, 0.4) is 0 Å². The first-order valence-electron chi connectivity index (χ1n) is 10.2. The number of aliphatic carboxylic acids is 1. The van der Waals surface area contributed by atoms with Gasteiger partial charge in [0, 0.05) is 12.3 Å². The van der Waals surface area contributed by atoms with Gasteiger partial charge < -0.3 is 19.9 Å². The van der Waals surface area contributed by atoms with E-state index in [0.29, 0.717) is 0 Å². The highest BCUT2D eigenvalue weighted by molar-refractivity contribution is 5.79. The number of amides is 1. The van der Waals surface area contributed by atoms with E-state index in [1.165, 1.54) is 11.1 Å². The molecule has 30 heavy (non-hydrogen) atoms. The first-order chi connectivity index (χ1) is 14.2. The van der Waals surface area contributed by atoms with Crippen molar-refractivity contribution in [3.8, 4) is 11.1 Å². The normalized spacial score (nSPS) is 14.0. The van der Waals surface area contributed by atoms with Crippen LogP contribution in [0.25, 0.3) is 11.1 Å². The van der Waals surface area contributed by atoms with Gasteiger partial charge in [-0.1, -0.05) is 48.5 Å². The second-order valence-corrected chi connectivity index (χ2v) is 8.52. The largest absolute Gasteiger partial charge is 0.481 e. The molecule has 1 aliphatic rings. The summed E-state index contributed by atoms with van der Waals surface area (Å²) in [4.78, 5) is 23.4. The Morgan fingerprint density at radius 1 is 1.03 bits per heavy atom. The summed E-state index contributed by atoms with van der Waals surface area (Å²) >= 11 is 0. The average molecular weight is 411 g/mol. The topological polar surface area (TPSA) is 84.9 Å². The van der Waals surface area contributed by atoms with Crippen molar-refractivity contribution in [3.05, 3.63) is 59.7 Å². The van der Waals surface area contributed by atoms with Gasteiger partial charge in [0.2, 0.25) is 0 Å². The standard InChI is InChI=1S/C24H29NO5/c1-24(2,3)30-14-16(12-13-22(26)27)25-23(28)29-15-21-19-10-6-4-8-17(19)18-9-5-7-11-20(18)21/h4-11,16,21H,12-15H2,1-3H3,(H,25,28)(H,26,27)/t16-/m1/s1. The van der Waals surface area contributed by atoms with E-state index in [1.807, 2.05) is 45.0 Å². The Hall–Kier alpha value is -2.86. The van der Waals surface area contributed by atoms with Gasteiger partial charge in [0.1, 0.15) is 6.61 Å². The number of carbonyl (C=O) groups is 2. The smallest absolute Gasteiger partial charge is 0.407 e. The molecule has 0 unspecified atom stereocenters. The third-order valence-electron chi connectivity index (χ3n) is 5.09. The van der Waals surface area contributed by atoms with Crippen molar-refractivity contribution >= 4 is 12.1 Å². The Morgan fingerprint density at radius 2 is 1.60 bits per heavy atom. The summed E-state index contributed by atoms with van der Waals surface area (Å²) in [5.74, 6) is -0.934. The van der Waals surface area contributed by atoms with Gasteiger partial charge in [0.15, 0.2) is 0 Å². The van der Waals surface area contributed by atoms with Crippen molar-refractivity contribution in [2.75, 3.05) is 13.2 Å². The quantitative estimate of drug-likeness (QED) is 0.664. The number of ether oxygens (including phenoxy) is 2. The highest BCUT2D eigenvalue weighted by Crippen LogP contribution is 2.44. The Kier molecular flexibility index (Phi) is 6.77. The van der Waals surface area contributed by atoms with Crippen molar-refractivity contribution in [1.29, 1.82) is 0 Å². The lowest BCUT2D eigenvalue weighted by Crippen LogP contribution is -2.41. The third-order valence-corrected chi connectivity index (χ3v) is 5.09. The molecule has 0 spiro atoms. The molecular weight excluding hydrogens is 382 g/mol. The molecular formula is C24H29NO5. The summed E-state index contributed by atoms with van der Waals surface area (Å²) in [6.07, 6.45) is -0.345. The average Bonchev–Trinajstić information content (AvgIpc) is 3.01. The zero-order chi connectivity index (χ0) is 21.7. The fraction of sp³-hybridized carbons (Fsp3) is 0.417. The number of hydrogen-bond acceptors (Lipinski definition) is 4. The number of rotatable bonds is 8. The van der Waals surface area contributed by atoms with Crippen LogP contribution < -0.4 is 5.32 Å². The molecule has 0 saturated carbocycles. The van der Waals surface area contributed by atoms with Gasteiger partial charge >= 0.3 is 12.1 Å². The lowest BCUT2D eigenvalue weighted by Gasteiger charge is -2.25. The van der Waals surface area contributed by atoms with Crippen LogP contribution in [0.2, 0.25) is 0 Å². The van der Waals surface area contributed by atoms with E-state index < -0.39 is 18.1 Å². The molecule has 2 N–H and O–H groups in total. The maximum atomic E-state index is 12.5. The molecule has 1 aliphatic carbocycles. The lowest BCUT2D eigenvalue weighted by atomic mass is 9.98. The van der Waals surface area contributed by atoms with Gasteiger partial charge in [-0.2, -0.15) is 0 Å². The third kappa shape index (κ3) is 5.60. The first-order valence-corrected chi connectivity index (χ1v) is 10.2. The minimum Gasteiger partial charge on any atom is -0.481 e. The maximum Gasteiger partial charge on any atom is 0.407 e. The Morgan fingerprint density at radius 3 is 2.13 bits per heavy atom. The van der Waals surface area contributed by atoms with Crippen molar-refractivity contribution in [2.24, 2.45) is 0 Å². The van der Waals surface area contributed by atoms with Crippen LogP contribution in [0.4, 0.5) is 4.79 Å². The van der Waals surface area contributed by atoms with Gasteiger partial charge in [-0.05, 0) is 49.4 Å². The molecule has 0 bridgehead atoms. The molecule has 1 amide bonds. The first kappa shape index (κ1) is 21.8. The summed E-state index contributed by atoms with van der Waals surface area (Å²) in [6, 6.07) is 15.9. The number of nitrogens with one attached hydrogen (secondary N) is 1. The number of benzene rings is 2. The molecule has 0 saturated heterocycles. The van der Waals surface area contributed by atoms with Gasteiger partial charge in [0.05, 0.1) is 18.2 Å². The van der Waals surface area contributed by atoms with Crippen LogP contribution in [0, 0.1) is 0 Å². The molecule has 1 atom stereocenters. The van der Waals surface area contributed by atoms with Gasteiger partial charge in [-0.25, -0.2) is 4.79 Å². The lowest BCUT2D eigenvalue weighted by molar-refractivity contribution is -0.137. The second-order valence-electron chi connectivity index (χ2n) is 8.52. The predicted octanol–water partition coefficient (Wildman–Crippen LogP) is 4.57. The van der Waals surface area contributed by atoms with Crippen molar-refractivity contribution in [2.45, 2.75) is 51.2 Å². The Balaban J connectivity index is 1.63. The zero-order valence-corrected chi connectivity index (χ0v) is 17.7. The van der Waals surface area contributed by atoms with Crippen LogP contribution in [0.1, 0.15) is 50.7 Å². The molecule has 2 aromatic rings. The number of hydrogen-bond donors (Lipinski definition) is 2. The minimum absolute atomic E-state index is 0.0218. The number of carboxylic acid groups (broad SMARTS) is 1. The molecule has 0 heterocycles. The predicted molar refractivity (Wildman–Crippen MR) is 115 cm³/mol. The molecule has 0 radical (unpaired) electrons. The summed E-state index contributed by atoms with van der Waals surface area (Å²) < 4.78 is 11.3. The van der Waals surface area contributed by atoms with Crippen molar-refractivity contribution in [3.63, 3.8) is 0 Å². The molecule has 6 nitrogen and oxygen atoms in total. The van der Waals surface area contributed by atoms with Gasteiger partial charge in [0.25, 0.3) is 0 Å². The van der Waals surface area contributed by atoms with Crippen molar-refractivity contribution < 1.29 is 24.2 Å². The second kappa shape index (κ2) is 9.30. The number of carboxylic acids is 1. The fourth-order valence-electron chi connectivity index (χ4n) is 3.65. The number of fused-ring (bicyclic) bond motifs is 3. The molecule has 2 aromatic carbocycles. The van der Waals surface area contributed by atoms with E-state index in [9.17, 15) is 9.59 Å². The summed E-state index contributed by atoms with van der Waals surface area (Å²) in [5.41, 5.74) is 4.24. The van der Waals surface area contributed by atoms with Gasteiger partial charge in [-0.15, -0.1) is 0 Å². The molecule has 0 fully saturated rings. The minimum atomic E-state index is -0.912. The van der Waals surface area contributed by atoms with E-state index >= 15 is 0 Å². The zero-order valence-electron chi connectivity index (χ0n) is 17.7. The van der Waals surface area contributed by atoms with Crippen molar-refractivity contribution in [1.82, 2.24) is 5.32 Å². The molecule has 6 heteroatoms. The maximum absolute atomic E-state index is 12.5. The SMILES string of the molecule is CC(C)(C)OC[C@@H](CCC(=O)O)NC(=O)OCC1c2ccccc2-c2ccccc21. The van der Waals surface area contributed by atoms with Crippen LogP contribution in [0.15, 0.2) is 48.5 Å². The van der Waals surface area contributed by atoms with E-state index in [-0.39, 0.29) is 37.6 Å². The molecule has 0 aliphatic heterocycles. The van der Waals surface area contributed by atoms with Crippen LogP contribution in [-0.2, 0) is 14.3 Å². The summed E-state index contributed by atoms with van der Waals surface area (Å²) in [6.45, 7) is 6.17. The molecule has 160 valence electrons. The highest BCUT2D eigenvalue weighted by Gasteiger charge is 2.29. The van der Waals surface area contributed by atoms with E-state index in [1.54, 1.807) is 0 Å². The van der Waals surface area contributed by atoms with Gasteiger partial charge in [-0.3, -0.25) is 4.79 Å². The monoisotopic (exact) mass is 411 g/mol. The van der Waals surface area contributed by atoms with E-state index in [2.05, 4.69) is 29.6 Å². The van der Waals surface area contributed by atoms with E-state index in [0.717, 1.165) is 11.1 Å². The van der Waals surface area contributed by atoms with E-state index in [4.69, 9.17) is 14.6 Å². The Labute approximate surface area is 177 Å². The molecule has 3 rings (SSSR count).